The average molecular weight is 351 g/mol. The number of aryl methyl sites for hydroxylation is 1. The average Bonchev–Trinajstić information content (AvgIpc) is 3.20. The smallest absolute Gasteiger partial charge is 0.271 e. The minimum Gasteiger partial charge on any atom is -0.347 e. The lowest BCUT2D eigenvalue weighted by Gasteiger charge is -2.08. The number of rotatable bonds is 7. The summed E-state index contributed by atoms with van der Waals surface area (Å²) in [4.78, 5) is 28.1. The van der Waals surface area contributed by atoms with Crippen molar-refractivity contribution in [1.82, 2.24) is 24.6 Å². The maximum Gasteiger partial charge on any atom is 0.271 e. The molecule has 1 amide bonds. The first-order valence-corrected chi connectivity index (χ1v) is 8.61. The highest BCUT2D eigenvalue weighted by atomic mass is 16.2. The number of nitrogens with one attached hydrogen (secondary N) is 1. The quantitative estimate of drug-likeness (QED) is 0.707. The van der Waals surface area contributed by atoms with Gasteiger partial charge < -0.3 is 9.88 Å². The Labute approximate surface area is 151 Å². The molecule has 0 saturated heterocycles. The van der Waals surface area contributed by atoms with E-state index < -0.39 is 0 Å². The molecule has 2 heterocycles. The van der Waals surface area contributed by atoms with Gasteiger partial charge >= 0.3 is 0 Å². The fourth-order valence-electron chi connectivity index (χ4n) is 2.51. The van der Waals surface area contributed by atoms with Gasteiger partial charge in [0.1, 0.15) is 5.69 Å². The molecule has 3 aromatic rings. The Morgan fingerprint density at radius 2 is 1.96 bits per heavy atom. The molecule has 7 heteroatoms. The van der Waals surface area contributed by atoms with Crippen LogP contribution in [0.1, 0.15) is 35.8 Å². The number of unbranched alkanes of at least 4 members (excludes halogenated alkanes) is 1. The number of aromatic nitrogens is 4. The molecule has 0 bridgehead atoms. The Kier molecular flexibility index (Phi) is 5.58. The highest BCUT2D eigenvalue weighted by molar-refractivity contribution is 5.91. The van der Waals surface area contributed by atoms with Gasteiger partial charge in [0.25, 0.3) is 11.5 Å². The van der Waals surface area contributed by atoms with E-state index in [-0.39, 0.29) is 17.2 Å². The fraction of sp³-hybridized carbons (Fsp3) is 0.263. The Morgan fingerprint density at radius 3 is 2.65 bits per heavy atom. The third-order valence-corrected chi connectivity index (χ3v) is 4.01. The van der Waals surface area contributed by atoms with Gasteiger partial charge in [0.2, 0.25) is 0 Å². The monoisotopic (exact) mass is 351 g/mol. The van der Waals surface area contributed by atoms with E-state index in [1.54, 1.807) is 12.5 Å². The standard InChI is InChI=1S/C19H21N5O2/c1-2-3-11-24-18(25)9-8-17(22-24)19(26)21-13-15-4-6-16(7-5-15)23-12-10-20-14-23/h4-10,12,14H,2-3,11,13H2,1H3,(H,21,26). The number of imidazole rings is 1. The van der Waals surface area contributed by atoms with Crippen molar-refractivity contribution in [3.63, 3.8) is 0 Å². The first-order valence-electron chi connectivity index (χ1n) is 8.61. The fourth-order valence-corrected chi connectivity index (χ4v) is 2.51. The number of hydrogen-bond acceptors (Lipinski definition) is 4. The Hall–Kier alpha value is -3.22. The topological polar surface area (TPSA) is 81.8 Å². The van der Waals surface area contributed by atoms with Crippen LogP contribution in [0.2, 0.25) is 0 Å². The van der Waals surface area contributed by atoms with Gasteiger partial charge in [0.05, 0.1) is 6.33 Å². The van der Waals surface area contributed by atoms with Gasteiger partial charge in [-0.3, -0.25) is 9.59 Å². The number of amides is 1. The highest BCUT2D eigenvalue weighted by Gasteiger charge is 2.09. The van der Waals surface area contributed by atoms with Gasteiger partial charge in [-0.15, -0.1) is 0 Å². The zero-order valence-corrected chi connectivity index (χ0v) is 14.6. The van der Waals surface area contributed by atoms with E-state index in [1.807, 2.05) is 42.0 Å². The van der Waals surface area contributed by atoms with Crippen molar-refractivity contribution >= 4 is 5.91 Å². The van der Waals surface area contributed by atoms with E-state index in [2.05, 4.69) is 15.4 Å². The second-order valence-electron chi connectivity index (χ2n) is 5.95. The number of carbonyl (C=O) groups excluding carboxylic acids is 1. The summed E-state index contributed by atoms with van der Waals surface area (Å²) >= 11 is 0. The zero-order chi connectivity index (χ0) is 18.4. The summed E-state index contributed by atoms with van der Waals surface area (Å²) in [5, 5.41) is 6.99. The predicted octanol–water partition coefficient (Wildman–Crippen LogP) is 2.16. The Morgan fingerprint density at radius 1 is 1.15 bits per heavy atom. The zero-order valence-electron chi connectivity index (χ0n) is 14.6. The number of carbonyl (C=O) groups is 1. The van der Waals surface area contributed by atoms with Gasteiger partial charge in [0.15, 0.2) is 0 Å². The summed E-state index contributed by atoms with van der Waals surface area (Å²) in [5.74, 6) is -0.297. The second kappa shape index (κ2) is 8.24. The van der Waals surface area contributed by atoms with Crippen molar-refractivity contribution in [2.24, 2.45) is 0 Å². The van der Waals surface area contributed by atoms with Crippen LogP contribution in [0.5, 0.6) is 0 Å². The normalized spacial score (nSPS) is 10.7. The maximum absolute atomic E-state index is 12.3. The number of nitrogens with zero attached hydrogens (tertiary/aromatic N) is 4. The maximum atomic E-state index is 12.3. The minimum atomic E-state index is -0.297. The van der Waals surface area contributed by atoms with E-state index in [1.165, 1.54) is 16.8 Å². The molecule has 1 aromatic carbocycles. The molecule has 2 aromatic heterocycles. The van der Waals surface area contributed by atoms with Gasteiger partial charge in [-0.25, -0.2) is 9.67 Å². The summed E-state index contributed by atoms with van der Waals surface area (Å²) in [6.07, 6.45) is 7.13. The SMILES string of the molecule is CCCCn1nc(C(=O)NCc2ccc(-n3ccnc3)cc2)ccc1=O. The lowest BCUT2D eigenvalue weighted by Crippen LogP contribution is -2.29. The van der Waals surface area contributed by atoms with Gasteiger partial charge in [-0.1, -0.05) is 25.5 Å². The predicted molar refractivity (Wildman–Crippen MR) is 98.1 cm³/mol. The molecule has 0 atom stereocenters. The molecule has 134 valence electrons. The third-order valence-electron chi connectivity index (χ3n) is 4.01. The number of hydrogen-bond donors (Lipinski definition) is 1. The van der Waals surface area contributed by atoms with Crippen molar-refractivity contribution in [1.29, 1.82) is 0 Å². The van der Waals surface area contributed by atoms with E-state index in [9.17, 15) is 9.59 Å². The van der Waals surface area contributed by atoms with Gasteiger partial charge in [-0.05, 0) is 30.2 Å². The van der Waals surface area contributed by atoms with Crippen LogP contribution in [0.15, 0.2) is 59.9 Å². The van der Waals surface area contributed by atoms with Crippen LogP contribution < -0.4 is 10.9 Å². The van der Waals surface area contributed by atoms with Crippen LogP contribution in [-0.4, -0.2) is 25.2 Å². The summed E-state index contributed by atoms with van der Waals surface area (Å²) in [7, 11) is 0. The molecule has 3 rings (SSSR count). The molecule has 0 aliphatic carbocycles. The summed E-state index contributed by atoms with van der Waals surface area (Å²) in [6.45, 7) is 2.95. The van der Waals surface area contributed by atoms with Crippen molar-refractivity contribution in [2.75, 3.05) is 0 Å². The third kappa shape index (κ3) is 4.24. The molecule has 26 heavy (non-hydrogen) atoms. The molecule has 0 saturated carbocycles. The van der Waals surface area contributed by atoms with E-state index in [0.717, 1.165) is 24.1 Å². The first-order chi connectivity index (χ1) is 12.7. The van der Waals surface area contributed by atoms with Crippen molar-refractivity contribution in [3.8, 4) is 5.69 Å². The Balaban J connectivity index is 1.62. The summed E-state index contributed by atoms with van der Waals surface area (Å²) < 4.78 is 3.25. The lowest BCUT2D eigenvalue weighted by molar-refractivity contribution is 0.0943. The molecule has 7 nitrogen and oxygen atoms in total. The lowest BCUT2D eigenvalue weighted by atomic mass is 10.2. The first kappa shape index (κ1) is 17.6. The van der Waals surface area contributed by atoms with Crippen LogP contribution in [0.25, 0.3) is 5.69 Å². The van der Waals surface area contributed by atoms with Crippen LogP contribution >= 0.6 is 0 Å². The van der Waals surface area contributed by atoms with E-state index in [0.29, 0.717) is 13.1 Å². The van der Waals surface area contributed by atoms with E-state index in [4.69, 9.17) is 0 Å². The minimum absolute atomic E-state index is 0.190. The molecule has 0 radical (unpaired) electrons. The molecular formula is C19H21N5O2. The highest BCUT2D eigenvalue weighted by Crippen LogP contribution is 2.09. The largest absolute Gasteiger partial charge is 0.347 e. The molecule has 1 N–H and O–H groups in total. The van der Waals surface area contributed by atoms with Crippen LogP contribution in [0, 0.1) is 0 Å². The molecule has 0 spiro atoms. The summed E-state index contributed by atoms with van der Waals surface area (Å²) in [5.41, 5.74) is 2.03. The number of benzene rings is 1. The van der Waals surface area contributed by atoms with Crippen molar-refractivity contribution in [2.45, 2.75) is 32.9 Å². The molecular weight excluding hydrogens is 330 g/mol. The van der Waals surface area contributed by atoms with Gasteiger partial charge in [0, 0.05) is 37.2 Å². The van der Waals surface area contributed by atoms with E-state index >= 15 is 0 Å². The van der Waals surface area contributed by atoms with Crippen molar-refractivity contribution < 1.29 is 4.79 Å². The van der Waals surface area contributed by atoms with Gasteiger partial charge in [-0.2, -0.15) is 5.10 Å². The molecule has 0 fully saturated rings. The second-order valence-corrected chi connectivity index (χ2v) is 5.95. The summed E-state index contributed by atoms with van der Waals surface area (Å²) in [6, 6.07) is 10.7. The molecule has 0 aliphatic heterocycles. The van der Waals surface area contributed by atoms with Crippen molar-refractivity contribution in [3.05, 3.63) is 76.7 Å². The molecule has 0 aliphatic rings. The Bertz CT molecular complexity index is 914. The van der Waals surface area contributed by atoms with Crippen LogP contribution in [0.3, 0.4) is 0 Å². The van der Waals surface area contributed by atoms with Crippen LogP contribution in [0.4, 0.5) is 0 Å². The molecule has 0 unspecified atom stereocenters. The van der Waals surface area contributed by atoms with Crippen LogP contribution in [-0.2, 0) is 13.1 Å².